The third kappa shape index (κ3) is 4.35. The normalized spacial score (nSPS) is 10.3. The van der Waals surface area contributed by atoms with Crippen LogP contribution >= 0.6 is 0 Å². The van der Waals surface area contributed by atoms with E-state index in [2.05, 4.69) is 15.0 Å². The van der Waals surface area contributed by atoms with Crippen molar-refractivity contribution in [1.82, 2.24) is 15.0 Å². The Kier molecular flexibility index (Phi) is 6.21. The second kappa shape index (κ2) is 8.99. The number of ether oxygens (including phenoxy) is 2. The first-order valence-corrected chi connectivity index (χ1v) is 8.98. The van der Waals surface area contributed by atoms with E-state index in [1.807, 2.05) is 0 Å². The monoisotopic (exact) mass is 407 g/mol. The first-order chi connectivity index (χ1) is 14.4. The van der Waals surface area contributed by atoms with Gasteiger partial charge in [-0.25, -0.2) is 9.97 Å². The number of hydrogen-bond donors (Lipinski definition) is 0. The van der Waals surface area contributed by atoms with Crippen molar-refractivity contribution in [3.8, 4) is 11.5 Å². The Labute approximate surface area is 173 Å². The van der Waals surface area contributed by atoms with Gasteiger partial charge in [-0.3, -0.25) is 19.4 Å². The van der Waals surface area contributed by atoms with Crippen LogP contribution in [0.25, 0.3) is 0 Å². The fourth-order valence-corrected chi connectivity index (χ4v) is 2.64. The third-order valence-electron chi connectivity index (χ3n) is 4.43. The average Bonchev–Trinajstić information content (AvgIpc) is 2.82. The molecule has 9 heteroatoms. The van der Waals surface area contributed by atoms with Crippen LogP contribution in [0.2, 0.25) is 0 Å². The van der Waals surface area contributed by atoms with Crippen LogP contribution < -0.4 is 19.3 Å². The predicted molar refractivity (Wildman–Crippen MR) is 111 cm³/mol. The fraction of sp³-hybridized carbons (Fsp3) is 0.190. The van der Waals surface area contributed by atoms with Crippen molar-refractivity contribution in [2.45, 2.75) is 0 Å². The zero-order chi connectivity index (χ0) is 21.7. The number of carbonyl (C=O) groups excluding carboxylic acids is 2. The molecular weight excluding hydrogens is 386 g/mol. The Hall–Kier alpha value is -4.01. The lowest BCUT2D eigenvalue weighted by Crippen LogP contribution is -2.31. The van der Waals surface area contributed by atoms with Gasteiger partial charge < -0.3 is 9.47 Å². The minimum Gasteiger partial charge on any atom is -0.497 e. The van der Waals surface area contributed by atoms with Crippen LogP contribution in [0, 0.1) is 0 Å². The summed E-state index contributed by atoms with van der Waals surface area (Å²) < 4.78 is 10.2. The molecule has 0 radical (unpaired) electrons. The summed E-state index contributed by atoms with van der Waals surface area (Å²) in [7, 11) is 6.21. The van der Waals surface area contributed by atoms with Crippen LogP contribution in [0.4, 0.5) is 11.9 Å². The zero-order valence-electron chi connectivity index (χ0n) is 17.1. The molecule has 9 nitrogen and oxygen atoms in total. The molecule has 0 unspecified atom stereocenters. The first kappa shape index (κ1) is 20.7. The molecule has 30 heavy (non-hydrogen) atoms. The molecule has 0 saturated heterocycles. The first-order valence-electron chi connectivity index (χ1n) is 8.98. The highest BCUT2D eigenvalue weighted by molar-refractivity contribution is 6.06. The standard InChI is InChI=1S/C21H21N5O4/c1-25(18(27)14-5-9-16(29-3)10-6-14)20-22-13-23-21(24-20)26(2)19(28)15-7-11-17(30-4)12-8-15/h5-13H,1-4H3. The van der Waals surface area contributed by atoms with E-state index in [9.17, 15) is 9.59 Å². The summed E-state index contributed by atoms with van der Waals surface area (Å²) in [4.78, 5) is 40.4. The number of anilines is 2. The Morgan fingerprint density at radius 2 is 1.07 bits per heavy atom. The molecule has 0 saturated carbocycles. The Morgan fingerprint density at radius 1 is 0.700 bits per heavy atom. The molecule has 0 aliphatic carbocycles. The lowest BCUT2D eigenvalue weighted by Gasteiger charge is -2.19. The van der Waals surface area contributed by atoms with E-state index in [0.29, 0.717) is 22.6 Å². The Bertz CT molecular complexity index is 957. The van der Waals surface area contributed by atoms with Gasteiger partial charge in [-0.2, -0.15) is 4.98 Å². The van der Waals surface area contributed by atoms with Gasteiger partial charge in [0.2, 0.25) is 11.9 Å². The van der Waals surface area contributed by atoms with Crippen molar-refractivity contribution in [3.63, 3.8) is 0 Å². The lowest BCUT2D eigenvalue weighted by molar-refractivity contribution is 0.0986. The maximum atomic E-state index is 12.7. The third-order valence-corrected chi connectivity index (χ3v) is 4.43. The van der Waals surface area contributed by atoms with Gasteiger partial charge >= 0.3 is 0 Å². The number of amides is 2. The molecule has 154 valence electrons. The number of methoxy groups -OCH3 is 2. The molecular formula is C21H21N5O4. The molecule has 2 amide bonds. The van der Waals surface area contributed by atoms with Crippen molar-refractivity contribution < 1.29 is 19.1 Å². The molecule has 0 fully saturated rings. The maximum Gasteiger partial charge on any atom is 0.260 e. The molecule has 3 rings (SSSR count). The Balaban J connectivity index is 1.79. The van der Waals surface area contributed by atoms with Crippen molar-refractivity contribution in [1.29, 1.82) is 0 Å². The number of benzene rings is 2. The average molecular weight is 407 g/mol. The Morgan fingerprint density at radius 3 is 1.40 bits per heavy atom. The van der Waals surface area contributed by atoms with Crippen LogP contribution in [0.1, 0.15) is 20.7 Å². The van der Waals surface area contributed by atoms with Gasteiger partial charge in [0.05, 0.1) is 14.2 Å². The predicted octanol–water partition coefficient (Wildman–Crippen LogP) is 2.44. The molecule has 3 aromatic rings. The van der Waals surface area contributed by atoms with Gasteiger partial charge in [0, 0.05) is 25.2 Å². The highest BCUT2D eigenvalue weighted by atomic mass is 16.5. The highest BCUT2D eigenvalue weighted by Gasteiger charge is 2.20. The summed E-state index contributed by atoms with van der Waals surface area (Å²) in [6.45, 7) is 0. The number of rotatable bonds is 6. The van der Waals surface area contributed by atoms with E-state index >= 15 is 0 Å². The summed E-state index contributed by atoms with van der Waals surface area (Å²) in [6.07, 6.45) is 1.26. The number of hydrogen-bond acceptors (Lipinski definition) is 7. The van der Waals surface area contributed by atoms with Gasteiger partial charge in [0.1, 0.15) is 17.8 Å². The van der Waals surface area contributed by atoms with E-state index in [1.54, 1.807) is 76.8 Å². The summed E-state index contributed by atoms with van der Waals surface area (Å²) >= 11 is 0. The largest absolute Gasteiger partial charge is 0.497 e. The van der Waals surface area contributed by atoms with E-state index in [0.717, 1.165) is 0 Å². The van der Waals surface area contributed by atoms with Crippen LogP contribution in [0.15, 0.2) is 54.9 Å². The molecule has 0 N–H and O–H groups in total. The molecule has 1 aromatic heterocycles. The quantitative estimate of drug-likeness (QED) is 0.619. The van der Waals surface area contributed by atoms with Crippen LogP contribution in [0.5, 0.6) is 11.5 Å². The highest BCUT2D eigenvalue weighted by Crippen LogP contribution is 2.18. The zero-order valence-corrected chi connectivity index (χ0v) is 17.1. The molecule has 0 aliphatic heterocycles. The topological polar surface area (TPSA) is 97.8 Å². The van der Waals surface area contributed by atoms with E-state index < -0.39 is 0 Å². The lowest BCUT2D eigenvalue weighted by atomic mass is 10.2. The maximum absolute atomic E-state index is 12.7. The smallest absolute Gasteiger partial charge is 0.260 e. The van der Waals surface area contributed by atoms with E-state index in [1.165, 1.54) is 16.1 Å². The van der Waals surface area contributed by atoms with Crippen LogP contribution in [0.3, 0.4) is 0 Å². The van der Waals surface area contributed by atoms with Crippen molar-refractivity contribution in [3.05, 3.63) is 66.0 Å². The number of nitrogens with zero attached hydrogens (tertiary/aromatic N) is 5. The minimum absolute atomic E-state index is 0.121. The molecule has 0 aliphatic rings. The summed E-state index contributed by atoms with van der Waals surface area (Å²) in [5.41, 5.74) is 0.894. The number of aromatic nitrogens is 3. The molecule has 1 heterocycles. The van der Waals surface area contributed by atoms with E-state index in [-0.39, 0.29) is 23.7 Å². The minimum atomic E-state index is -0.307. The molecule has 0 atom stereocenters. The van der Waals surface area contributed by atoms with Crippen LogP contribution in [-0.4, -0.2) is 55.1 Å². The van der Waals surface area contributed by atoms with Gasteiger partial charge in [-0.05, 0) is 48.5 Å². The van der Waals surface area contributed by atoms with Gasteiger partial charge in [-0.15, -0.1) is 0 Å². The van der Waals surface area contributed by atoms with Gasteiger partial charge in [0.15, 0.2) is 0 Å². The van der Waals surface area contributed by atoms with Crippen molar-refractivity contribution >= 4 is 23.7 Å². The summed E-state index contributed by atoms with van der Waals surface area (Å²) in [6, 6.07) is 13.4. The van der Waals surface area contributed by atoms with E-state index in [4.69, 9.17) is 9.47 Å². The summed E-state index contributed by atoms with van der Waals surface area (Å²) in [5.74, 6) is 0.925. The van der Waals surface area contributed by atoms with Crippen molar-refractivity contribution in [2.75, 3.05) is 38.1 Å². The fourth-order valence-electron chi connectivity index (χ4n) is 2.64. The second-order valence-corrected chi connectivity index (χ2v) is 6.27. The molecule has 2 aromatic carbocycles. The van der Waals surface area contributed by atoms with Gasteiger partial charge in [0.25, 0.3) is 11.8 Å². The SMILES string of the molecule is COc1ccc(C(=O)N(C)c2ncnc(N(C)C(=O)c3ccc(OC)cc3)n2)cc1. The second-order valence-electron chi connectivity index (χ2n) is 6.27. The summed E-state index contributed by atoms with van der Waals surface area (Å²) in [5, 5.41) is 0. The van der Waals surface area contributed by atoms with Crippen molar-refractivity contribution in [2.24, 2.45) is 0 Å². The number of carbonyl (C=O) groups is 2. The molecule has 0 spiro atoms. The van der Waals surface area contributed by atoms with Gasteiger partial charge in [-0.1, -0.05) is 0 Å². The molecule has 0 bridgehead atoms. The van der Waals surface area contributed by atoms with Crippen LogP contribution in [-0.2, 0) is 0 Å².